The summed E-state index contributed by atoms with van der Waals surface area (Å²) >= 11 is 0. The number of nitrogens with zero attached hydrogens (tertiary/aromatic N) is 2. The maximum Gasteiger partial charge on any atom is 0.217 e. The maximum absolute atomic E-state index is 14.1. The summed E-state index contributed by atoms with van der Waals surface area (Å²) in [6.07, 6.45) is 1.42. The highest BCUT2D eigenvalue weighted by Gasteiger charge is 2.34. The average molecular weight is 320 g/mol. The van der Waals surface area contributed by atoms with E-state index in [4.69, 9.17) is 4.74 Å². The average Bonchev–Trinajstić information content (AvgIpc) is 2.90. The molecule has 0 aliphatic carbocycles. The Balaban J connectivity index is 1.89. The molecule has 1 aliphatic rings. The Kier molecular flexibility index (Phi) is 4.54. The molecule has 1 fully saturated rings. The topological polar surface area (TPSA) is 45.6 Å². The van der Waals surface area contributed by atoms with Gasteiger partial charge in [-0.1, -0.05) is 6.07 Å². The molecule has 1 saturated heterocycles. The number of ether oxygens (including phenoxy) is 1. The molecule has 6 heteroatoms. The molecular formula is C17H18F2N2O2. The van der Waals surface area contributed by atoms with Gasteiger partial charge in [0, 0.05) is 36.5 Å². The number of hydrogen-bond donors (Lipinski definition) is 1. The summed E-state index contributed by atoms with van der Waals surface area (Å²) < 4.78 is 32.8. The van der Waals surface area contributed by atoms with Crippen LogP contribution in [0.15, 0.2) is 36.5 Å². The van der Waals surface area contributed by atoms with E-state index in [0.29, 0.717) is 25.4 Å². The number of methoxy groups -OCH3 is 1. The number of halogens is 2. The number of hydrogen-bond acceptors (Lipinski definition) is 4. The van der Waals surface area contributed by atoms with Crippen LogP contribution in [0.3, 0.4) is 0 Å². The zero-order valence-corrected chi connectivity index (χ0v) is 12.7. The van der Waals surface area contributed by atoms with E-state index in [-0.39, 0.29) is 11.6 Å². The van der Waals surface area contributed by atoms with Gasteiger partial charge in [0.2, 0.25) is 5.88 Å². The minimum Gasteiger partial charge on any atom is -0.481 e. The van der Waals surface area contributed by atoms with Crippen LogP contribution < -0.4 is 4.74 Å². The Morgan fingerprint density at radius 1 is 1.35 bits per heavy atom. The van der Waals surface area contributed by atoms with Gasteiger partial charge in [-0.25, -0.2) is 13.8 Å². The second kappa shape index (κ2) is 6.60. The highest BCUT2D eigenvalue weighted by Crippen LogP contribution is 2.35. The molecule has 1 N–H and O–H groups in total. The highest BCUT2D eigenvalue weighted by atomic mass is 19.1. The molecule has 1 aliphatic heterocycles. The normalized spacial score (nSPS) is 21.6. The van der Waals surface area contributed by atoms with Gasteiger partial charge >= 0.3 is 0 Å². The van der Waals surface area contributed by atoms with Crippen molar-refractivity contribution in [3.63, 3.8) is 0 Å². The predicted octanol–water partition coefficient (Wildman–Crippen LogP) is 2.68. The van der Waals surface area contributed by atoms with Gasteiger partial charge in [0.15, 0.2) is 0 Å². The first-order valence-corrected chi connectivity index (χ1v) is 7.43. The van der Waals surface area contributed by atoms with Crippen LogP contribution in [0, 0.1) is 11.6 Å². The first-order valence-electron chi connectivity index (χ1n) is 7.43. The van der Waals surface area contributed by atoms with E-state index in [9.17, 15) is 13.9 Å². The first-order chi connectivity index (χ1) is 11.1. The molecule has 122 valence electrons. The van der Waals surface area contributed by atoms with Crippen molar-refractivity contribution in [3.8, 4) is 5.88 Å². The van der Waals surface area contributed by atoms with Gasteiger partial charge in [-0.2, -0.15) is 0 Å². The van der Waals surface area contributed by atoms with Gasteiger partial charge in [-0.05, 0) is 30.7 Å². The Bertz CT molecular complexity index is 696. The SMILES string of the molecule is COc1ncccc1CN1C[C@@H](O)C[C@H]1c1cc(F)ccc1F. The van der Waals surface area contributed by atoms with E-state index in [1.807, 2.05) is 11.0 Å². The van der Waals surface area contributed by atoms with Crippen molar-refractivity contribution < 1.29 is 18.6 Å². The fourth-order valence-electron chi connectivity index (χ4n) is 3.09. The lowest BCUT2D eigenvalue weighted by molar-refractivity contribution is 0.171. The Morgan fingerprint density at radius 3 is 2.96 bits per heavy atom. The fraction of sp³-hybridized carbons (Fsp3) is 0.353. The Labute approximate surface area is 133 Å². The molecule has 2 heterocycles. The molecule has 0 spiro atoms. The van der Waals surface area contributed by atoms with Crippen LogP contribution in [0.25, 0.3) is 0 Å². The van der Waals surface area contributed by atoms with Gasteiger partial charge in [-0.3, -0.25) is 4.90 Å². The van der Waals surface area contributed by atoms with E-state index < -0.39 is 17.7 Å². The highest BCUT2D eigenvalue weighted by molar-refractivity contribution is 5.28. The first kappa shape index (κ1) is 15.8. The number of aromatic nitrogens is 1. The Morgan fingerprint density at radius 2 is 2.17 bits per heavy atom. The standard InChI is InChI=1S/C17H18F2N2O2/c1-23-17-11(3-2-6-20-17)9-21-10-13(22)8-16(21)14-7-12(18)4-5-15(14)19/h2-7,13,16,22H,8-10H2,1H3/t13-,16-/m0/s1. The van der Waals surface area contributed by atoms with Crippen LogP contribution in [0.1, 0.15) is 23.6 Å². The minimum atomic E-state index is -0.578. The van der Waals surface area contributed by atoms with Crippen molar-refractivity contribution in [2.45, 2.75) is 25.1 Å². The lowest BCUT2D eigenvalue weighted by atomic mass is 10.0. The number of pyridine rings is 1. The number of aliphatic hydroxyl groups excluding tert-OH is 1. The van der Waals surface area contributed by atoms with Crippen molar-refractivity contribution in [2.24, 2.45) is 0 Å². The fourth-order valence-corrected chi connectivity index (χ4v) is 3.09. The molecule has 0 bridgehead atoms. The van der Waals surface area contributed by atoms with Gasteiger partial charge < -0.3 is 9.84 Å². The van der Waals surface area contributed by atoms with E-state index >= 15 is 0 Å². The number of likely N-dealkylation sites (tertiary alicyclic amines) is 1. The quantitative estimate of drug-likeness (QED) is 0.941. The molecule has 1 aromatic heterocycles. The third-order valence-corrected chi connectivity index (χ3v) is 4.12. The maximum atomic E-state index is 14.1. The smallest absolute Gasteiger partial charge is 0.217 e. The van der Waals surface area contributed by atoms with E-state index in [2.05, 4.69) is 4.98 Å². The lowest BCUT2D eigenvalue weighted by Crippen LogP contribution is -2.25. The molecular weight excluding hydrogens is 302 g/mol. The molecule has 0 radical (unpaired) electrons. The number of β-amino-alcohol motifs (C(OH)–C–C–N with tert-alkyl or cyclic N) is 1. The van der Waals surface area contributed by atoms with E-state index in [0.717, 1.165) is 17.7 Å². The van der Waals surface area contributed by atoms with Gasteiger partial charge in [0.1, 0.15) is 11.6 Å². The van der Waals surface area contributed by atoms with Crippen LogP contribution in [-0.2, 0) is 6.54 Å². The molecule has 1 aromatic carbocycles. The zero-order valence-electron chi connectivity index (χ0n) is 12.7. The summed E-state index contributed by atoms with van der Waals surface area (Å²) in [4.78, 5) is 6.06. The summed E-state index contributed by atoms with van der Waals surface area (Å²) in [5, 5.41) is 9.99. The third-order valence-electron chi connectivity index (χ3n) is 4.12. The van der Waals surface area contributed by atoms with Crippen molar-refractivity contribution in [3.05, 3.63) is 59.3 Å². The summed E-state index contributed by atoms with van der Waals surface area (Å²) in [6, 6.07) is 6.70. The molecule has 3 rings (SSSR count). The van der Waals surface area contributed by atoms with Crippen LogP contribution in [0.2, 0.25) is 0 Å². The second-order valence-electron chi connectivity index (χ2n) is 5.67. The molecule has 2 aromatic rings. The summed E-state index contributed by atoms with van der Waals surface area (Å²) in [5.41, 5.74) is 1.11. The molecule has 0 unspecified atom stereocenters. The van der Waals surface area contributed by atoms with Crippen LogP contribution in [-0.4, -0.2) is 34.7 Å². The Hall–Kier alpha value is -2.05. The third kappa shape index (κ3) is 3.33. The van der Waals surface area contributed by atoms with Crippen molar-refractivity contribution >= 4 is 0 Å². The van der Waals surface area contributed by atoms with Crippen LogP contribution in [0.5, 0.6) is 5.88 Å². The van der Waals surface area contributed by atoms with Gasteiger partial charge in [0.25, 0.3) is 0 Å². The summed E-state index contributed by atoms with van der Waals surface area (Å²) in [7, 11) is 1.54. The summed E-state index contributed by atoms with van der Waals surface area (Å²) in [5.74, 6) is -0.456. The second-order valence-corrected chi connectivity index (χ2v) is 5.67. The number of benzene rings is 1. The van der Waals surface area contributed by atoms with Crippen LogP contribution in [0.4, 0.5) is 8.78 Å². The van der Waals surface area contributed by atoms with Gasteiger partial charge in [-0.15, -0.1) is 0 Å². The predicted molar refractivity (Wildman–Crippen MR) is 80.9 cm³/mol. The minimum absolute atomic E-state index is 0.268. The van der Waals surface area contributed by atoms with Gasteiger partial charge in [0.05, 0.1) is 13.2 Å². The number of rotatable bonds is 4. The van der Waals surface area contributed by atoms with Crippen LogP contribution >= 0.6 is 0 Å². The molecule has 0 saturated carbocycles. The van der Waals surface area contributed by atoms with Crippen molar-refractivity contribution in [1.29, 1.82) is 0 Å². The van der Waals surface area contributed by atoms with Crippen molar-refractivity contribution in [1.82, 2.24) is 9.88 Å². The number of aliphatic hydroxyl groups is 1. The summed E-state index contributed by atoms with van der Waals surface area (Å²) in [6.45, 7) is 0.827. The zero-order chi connectivity index (χ0) is 16.4. The van der Waals surface area contributed by atoms with E-state index in [1.54, 1.807) is 12.3 Å². The molecule has 4 nitrogen and oxygen atoms in total. The molecule has 2 atom stereocenters. The lowest BCUT2D eigenvalue weighted by Gasteiger charge is -2.25. The monoisotopic (exact) mass is 320 g/mol. The van der Waals surface area contributed by atoms with Crippen molar-refractivity contribution in [2.75, 3.05) is 13.7 Å². The molecule has 23 heavy (non-hydrogen) atoms. The molecule has 0 amide bonds. The largest absolute Gasteiger partial charge is 0.481 e. The van der Waals surface area contributed by atoms with E-state index in [1.165, 1.54) is 13.2 Å².